The van der Waals surface area contributed by atoms with Crippen molar-refractivity contribution in [3.63, 3.8) is 0 Å². The Labute approximate surface area is 119 Å². The maximum atomic E-state index is 5.71. The van der Waals surface area contributed by atoms with Crippen molar-refractivity contribution in [1.82, 2.24) is 9.80 Å². The summed E-state index contributed by atoms with van der Waals surface area (Å²) in [5, 5.41) is 0. The van der Waals surface area contributed by atoms with E-state index >= 15 is 0 Å². The van der Waals surface area contributed by atoms with Crippen LogP contribution in [0.5, 0.6) is 0 Å². The van der Waals surface area contributed by atoms with E-state index in [0.29, 0.717) is 5.92 Å². The van der Waals surface area contributed by atoms with Gasteiger partial charge in [-0.15, -0.1) is 0 Å². The number of nitrogens with zero attached hydrogens (tertiary/aromatic N) is 2. The number of hydrogen-bond donors (Lipinski definition) is 1. The van der Waals surface area contributed by atoms with Crippen molar-refractivity contribution >= 4 is 0 Å². The molecule has 1 heterocycles. The maximum Gasteiger partial charge on any atom is 0.0593 e. The van der Waals surface area contributed by atoms with Gasteiger partial charge in [0.1, 0.15) is 0 Å². The first-order valence-corrected chi connectivity index (χ1v) is 7.98. The van der Waals surface area contributed by atoms with E-state index in [-0.39, 0.29) is 0 Å². The largest absolute Gasteiger partial charge is 0.380 e. The summed E-state index contributed by atoms with van der Waals surface area (Å²) in [6.45, 7) is 14.1. The molecule has 0 bridgehead atoms. The van der Waals surface area contributed by atoms with Gasteiger partial charge in [-0.1, -0.05) is 20.3 Å². The van der Waals surface area contributed by atoms with Gasteiger partial charge in [0.25, 0.3) is 0 Å². The first-order valence-electron chi connectivity index (χ1n) is 7.98. The summed E-state index contributed by atoms with van der Waals surface area (Å²) in [4.78, 5) is 5.11. The lowest BCUT2D eigenvalue weighted by Gasteiger charge is -2.24. The maximum absolute atomic E-state index is 5.71. The molecule has 19 heavy (non-hydrogen) atoms. The molecule has 2 N–H and O–H groups in total. The van der Waals surface area contributed by atoms with Crippen molar-refractivity contribution < 1.29 is 4.74 Å². The first-order chi connectivity index (χ1) is 9.26. The summed E-state index contributed by atoms with van der Waals surface area (Å²) >= 11 is 0. The molecular formula is C15H33N3O. The van der Waals surface area contributed by atoms with Crippen LogP contribution in [0.2, 0.25) is 0 Å². The van der Waals surface area contributed by atoms with Gasteiger partial charge in [0.15, 0.2) is 0 Å². The molecule has 1 rings (SSSR count). The summed E-state index contributed by atoms with van der Waals surface area (Å²) in [5.74, 6) is 0.615. The molecule has 0 aromatic rings. The molecule has 0 radical (unpaired) electrons. The third-order valence-corrected chi connectivity index (χ3v) is 3.85. The number of unbranched alkanes of at least 4 members (excludes halogenated alkanes) is 1. The zero-order valence-corrected chi connectivity index (χ0v) is 12.9. The van der Waals surface area contributed by atoms with Crippen molar-refractivity contribution in [2.24, 2.45) is 11.7 Å². The van der Waals surface area contributed by atoms with E-state index in [2.05, 4.69) is 23.6 Å². The van der Waals surface area contributed by atoms with Gasteiger partial charge in [-0.2, -0.15) is 0 Å². The Kier molecular flexibility index (Phi) is 9.43. The van der Waals surface area contributed by atoms with Gasteiger partial charge in [-0.05, 0) is 38.4 Å². The van der Waals surface area contributed by atoms with Gasteiger partial charge >= 0.3 is 0 Å². The van der Waals surface area contributed by atoms with Crippen LogP contribution >= 0.6 is 0 Å². The Morgan fingerprint density at radius 3 is 2.58 bits per heavy atom. The number of rotatable bonds is 9. The van der Waals surface area contributed by atoms with Gasteiger partial charge < -0.3 is 15.4 Å². The monoisotopic (exact) mass is 271 g/mol. The molecule has 1 aliphatic heterocycles. The van der Waals surface area contributed by atoms with Gasteiger partial charge in [0, 0.05) is 32.8 Å². The summed E-state index contributed by atoms with van der Waals surface area (Å²) in [6.07, 6.45) is 3.68. The fourth-order valence-electron chi connectivity index (χ4n) is 2.49. The van der Waals surface area contributed by atoms with Crippen LogP contribution in [0.25, 0.3) is 0 Å². The van der Waals surface area contributed by atoms with Crippen LogP contribution in [0.3, 0.4) is 0 Å². The van der Waals surface area contributed by atoms with Crippen LogP contribution in [0, 0.1) is 5.92 Å². The third-order valence-electron chi connectivity index (χ3n) is 3.85. The summed E-state index contributed by atoms with van der Waals surface area (Å²) in [6, 6.07) is 0. The summed E-state index contributed by atoms with van der Waals surface area (Å²) in [5.41, 5.74) is 5.71. The number of nitrogens with two attached hydrogens (primary N) is 1. The highest BCUT2D eigenvalue weighted by Gasteiger charge is 2.15. The predicted molar refractivity (Wildman–Crippen MR) is 81.4 cm³/mol. The molecule has 1 unspecified atom stereocenters. The highest BCUT2D eigenvalue weighted by Crippen LogP contribution is 2.06. The van der Waals surface area contributed by atoms with Crippen molar-refractivity contribution in [3.05, 3.63) is 0 Å². The van der Waals surface area contributed by atoms with E-state index in [0.717, 1.165) is 32.8 Å². The molecule has 0 aromatic heterocycles. The molecule has 1 aliphatic rings. The lowest BCUT2D eigenvalue weighted by atomic mass is 10.1. The molecule has 1 atom stereocenters. The Bertz CT molecular complexity index is 214. The van der Waals surface area contributed by atoms with E-state index in [1.54, 1.807) is 0 Å². The molecule has 4 nitrogen and oxygen atoms in total. The molecule has 0 saturated carbocycles. The lowest BCUT2D eigenvalue weighted by Crippen LogP contribution is -2.36. The topological polar surface area (TPSA) is 41.7 Å². The van der Waals surface area contributed by atoms with E-state index in [4.69, 9.17) is 10.5 Å². The summed E-state index contributed by atoms with van der Waals surface area (Å²) in [7, 11) is 0. The Morgan fingerprint density at radius 2 is 1.84 bits per heavy atom. The molecule has 1 fully saturated rings. The molecule has 0 spiro atoms. The standard InChI is InChI=1S/C15H33N3O/c1-3-4-11-19-12-10-17-6-5-7-18(9-8-17)14-15(2)13-16/h15H,3-14,16H2,1-2H3. The second-order valence-electron chi connectivity index (χ2n) is 5.80. The lowest BCUT2D eigenvalue weighted by molar-refractivity contribution is 0.102. The zero-order chi connectivity index (χ0) is 13.9. The summed E-state index contributed by atoms with van der Waals surface area (Å²) < 4.78 is 5.65. The van der Waals surface area contributed by atoms with Gasteiger partial charge in [-0.3, -0.25) is 4.90 Å². The third kappa shape index (κ3) is 7.88. The fourth-order valence-corrected chi connectivity index (χ4v) is 2.49. The molecule has 0 aliphatic carbocycles. The first kappa shape index (κ1) is 16.9. The van der Waals surface area contributed by atoms with Crippen molar-refractivity contribution in [2.75, 3.05) is 59.0 Å². The average Bonchev–Trinajstić information content (AvgIpc) is 2.64. The average molecular weight is 271 g/mol. The molecular weight excluding hydrogens is 238 g/mol. The minimum atomic E-state index is 0.615. The molecule has 4 heteroatoms. The van der Waals surface area contributed by atoms with E-state index in [1.807, 2.05) is 0 Å². The van der Waals surface area contributed by atoms with E-state index in [9.17, 15) is 0 Å². The normalized spacial score (nSPS) is 20.4. The fraction of sp³-hybridized carbons (Fsp3) is 1.00. The Hall–Kier alpha value is -0.160. The van der Waals surface area contributed by atoms with Crippen LogP contribution in [-0.2, 0) is 4.74 Å². The quantitative estimate of drug-likeness (QED) is 0.644. The van der Waals surface area contributed by atoms with Crippen LogP contribution in [0.4, 0.5) is 0 Å². The highest BCUT2D eigenvalue weighted by molar-refractivity contribution is 4.71. The Balaban J connectivity index is 2.11. The van der Waals surface area contributed by atoms with Crippen LogP contribution < -0.4 is 5.73 Å². The minimum Gasteiger partial charge on any atom is -0.380 e. The smallest absolute Gasteiger partial charge is 0.0593 e. The van der Waals surface area contributed by atoms with Gasteiger partial charge in [0.05, 0.1) is 6.61 Å². The van der Waals surface area contributed by atoms with E-state index < -0.39 is 0 Å². The van der Waals surface area contributed by atoms with Crippen molar-refractivity contribution in [1.29, 1.82) is 0 Å². The van der Waals surface area contributed by atoms with Crippen LogP contribution in [0.1, 0.15) is 33.1 Å². The minimum absolute atomic E-state index is 0.615. The molecule has 0 aromatic carbocycles. The number of hydrogen-bond acceptors (Lipinski definition) is 4. The van der Waals surface area contributed by atoms with Crippen LogP contribution in [-0.4, -0.2) is 68.8 Å². The molecule has 0 amide bonds. The Morgan fingerprint density at radius 1 is 1.11 bits per heavy atom. The molecule has 1 saturated heterocycles. The second kappa shape index (κ2) is 10.6. The van der Waals surface area contributed by atoms with Gasteiger partial charge in [0.2, 0.25) is 0 Å². The SMILES string of the molecule is CCCCOCCN1CCCN(CC(C)CN)CC1. The van der Waals surface area contributed by atoms with Crippen molar-refractivity contribution in [3.8, 4) is 0 Å². The predicted octanol–water partition coefficient (Wildman–Crippen LogP) is 1.41. The van der Waals surface area contributed by atoms with E-state index in [1.165, 1.54) is 45.4 Å². The van der Waals surface area contributed by atoms with Crippen LogP contribution in [0.15, 0.2) is 0 Å². The highest BCUT2D eigenvalue weighted by atomic mass is 16.5. The van der Waals surface area contributed by atoms with Gasteiger partial charge in [-0.25, -0.2) is 0 Å². The zero-order valence-electron chi connectivity index (χ0n) is 12.9. The number of ether oxygens (including phenoxy) is 1. The second-order valence-corrected chi connectivity index (χ2v) is 5.80. The van der Waals surface area contributed by atoms with Crippen molar-refractivity contribution in [2.45, 2.75) is 33.1 Å². The molecule has 114 valence electrons.